The van der Waals surface area contributed by atoms with Crippen molar-refractivity contribution in [3.05, 3.63) is 59.5 Å². The summed E-state index contributed by atoms with van der Waals surface area (Å²) in [5.41, 5.74) is 6.83. The third-order valence-corrected chi connectivity index (χ3v) is 7.85. The van der Waals surface area contributed by atoms with Crippen LogP contribution in [0.25, 0.3) is 10.9 Å². The van der Waals surface area contributed by atoms with Gasteiger partial charge in [0.25, 0.3) is 0 Å². The van der Waals surface area contributed by atoms with E-state index in [1.165, 1.54) is 22.5 Å². The molecule has 0 amide bonds. The minimum Gasteiger partial charge on any atom is -0.369 e. The molecule has 1 N–H and O–H groups in total. The largest absolute Gasteiger partial charge is 0.369 e. The molecule has 2 saturated heterocycles. The molecule has 3 aromatic rings. The molecule has 3 aliphatic heterocycles. The molecule has 7 heteroatoms. The van der Waals surface area contributed by atoms with Gasteiger partial charge in [-0.15, -0.1) is 0 Å². The van der Waals surface area contributed by atoms with E-state index in [1.807, 2.05) is 18.3 Å². The van der Waals surface area contributed by atoms with E-state index in [1.54, 1.807) is 6.20 Å². The molecule has 2 fully saturated rings. The van der Waals surface area contributed by atoms with E-state index in [-0.39, 0.29) is 0 Å². The van der Waals surface area contributed by atoms with Crippen LogP contribution in [0, 0.1) is 11.3 Å². The van der Waals surface area contributed by atoms with Gasteiger partial charge in [-0.2, -0.15) is 5.26 Å². The number of nitrogens with one attached hydrogen (secondary N) is 1. The molecular formula is C27H31N7. The highest BCUT2D eigenvalue weighted by molar-refractivity contribution is 5.95. The molecule has 0 saturated carbocycles. The van der Waals surface area contributed by atoms with Gasteiger partial charge in [-0.3, -0.25) is 14.9 Å². The highest BCUT2D eigenvalue weighted by Gasteiger charge is 2.35. The number of hydrogen-bond donors (Lipinski definition) is 1. The molecule has 0 bridgehead atoms. The third-order valence-electron chi connectivity index (χ3n) is 7.85. The Morgan fingerprint density at radius 1 is 1.06 bits per heavy atom. The van der Waals surface area contributed by atoms with E-state index < -0.39 is 0 Å². The summed E-state index contributed by atoms with van der Waals surface area (Å²) in [5.74, 6) is 0. The molecular weight excluding hydrogens is 422 g/mol. The predicted molar refractivity (Wildman–Crippen MR) is 135 cm³/mol. The fourth-order valence-electron chi connectivity index (χ4n) is 6.16. The Hall–Kier alpha value is -3.21. The van der Waals surface area contributed by atoms with Gasteiger partial charge in [0.2, 0.25) is 0 Å². The van der Waals surface area contributed by atoms with Crippen molar-refractivity contribution in [1.29, 1.82) is 5.26 Å². The lowest BCUT2D eigenvalue weighted by Crippen LogP contribution is -2.58. The number of anilines is 2. The first-order chi connectivity index (χ1) is 16.7. The zero-order valence-corrected chi connectivity index (χ0v) is 19.7. The van der Waals surface area contributed by atoms with Crippen molar-refractivity contribution in [2.24, 2.45) is 0 Å². The monoisotopic (exact) mass is 453 g/mol. The molecule has 0 spiro atoms. The van der Waals surface area contributed by atoms with Crippen LogP contribution in [0.5, 0.6) is 0 Å². The molecule has 7 nitrogen and oxygen atoms in total. The topological polar surface area (TPSA) is 71.3 Å². The summed E-state index contributed by atoms with van der Waals surface area (Å²) < 4.78 is 0. The Bertz CT molecular complexity index is 1250. The number of piperazine rings is 1. The van der Waals surface area contributed by atoms with Crippen molar-refractivity contribution < 1.29 is 0 Å². The molecule has 0 radical (unpaired) electrons. The summed E-state index contributed by atoms with van der Waals surface area (Å²) in [4.78, 5) is 16.9. The van der Waals surface area contributed by atoms with Gasteiger partial charge in [0.15, 0.2) is 0 Å². The SMILES string of the molecule is CC1CN(c2ccc(C#N)c3ncccc23)CC2CCN(c3cncc4c3CCNC4)CCN12. The van der Waals surface area contributed by atoms with Gasteiger partial charge >= 0.3 is 0 Å². The highest BCUT2D eigenvalue weighted by atomic mass is 15.3. The smallest absolute Gasteiger partial charge is 0.101 e. The molecule has 2 unspecified atom stereocenters. The maximum atomic E-state index is 9.53. The van der Waals surface area contributed by atoms with Crippen LogP contribution >= 0.6 is 0 Å². The van der Waals surface area contributed by atoms with Crippen molar-refractivity contribution in [2.75, 3.05) is 49.1 Å². The van der Waals surface area contributed by atoms with Gasteiger partial charge < -0.3 is 15.1 Å². The molecule has 1 aromatic carbocycles. The highest BCUT2D eigenvalue weighted by Crippen LogP contribution is 2.33. The second-order valence-electron chi connectivity index (χ2n) is 9.79. The van der Waals surface area contributed by atoms with Crippen LogP contribution in [0.4, 0.5) is 11.4 Å². The van der Waals surface area contributed by atoms with Crippen molar-refractivity contribution in [3.8, 4) is 6.07 Å². The Kier molecular flexibility index (Phi) is 5.56. The molecule has 0 aliphatic carbocycles. The quantitative estimate of drug-likeness (QED) is 0.640. The third kappa shape index (κ3) is 3.67. The van der Waals surface area contributed by atoms with Crippen molar-refractivity contribution in [2.45, 2.75) is 38.4 Å². The fourth-order valence-corrected chi connectivity index (χ4v) is 6.16. The van der Waals surface area contributed by atoms with Crippen molar-refractivity contribution in [3.63, 3.8) is 0 Å². The van der Waals surface area contributed by atoms with E-state index >= 15 is 0 Å². The van der Waals surface area contributed by atoms with Crippen LogP contribution in [0.3, 0.4) is 0 Å². The zero-order chi connectivity index (χ0) is 23.1. The van der Waals surface area contributed by atoms with E-state index in [2.05, 4.69) is 61.3 Å². The first-order valence-electron chi connectivity index (χ1n) is 12.4. The zero-order valence-electron chi connectivity index (χ0n) is 19.7. The van der Waals surface area contributed by atoms with Crippen molar-refractivity contribution in [1.82, 2.24) is 20.2 Å². The Labute approximate surface area is 201 Å². The normalized spacial score (nSPS) is 23.2. The van der Waals surface area contributed by atoms with Crippen LogP contribution < -0.4 is 15.1 Å². The van der Waals surface area contributed by atoms with Gasteiger partial charge in [0.1, 0.15) is 6.07 Å². The molecule has 34 heavy (non-hydrogen) atoms. The number of pyridine rings is 2. The molecule has 3 aliphatic rings. The minimum absolute atomic E-state index is 0.466. The Morgan fingerprint density at radius 2 is 2.00 bits per heavy atom. The molecule has 174 valence electrons. The second-order valence-corrected chi connectivity index (χ2v) is 9.79. The van der Waals surface area contributed by atoms with Gasteiger partial charge in [-0.1, -0.05) is 0 Å². The summed E-state index contributed by atoms with van der Waals surface area (Å²) in [7, 11) is 0. The average Bonchev–Trinajstić information content (AvgIpc) is 3.11. The van der Waals surface area contributed by atoms with Gasteiger partial charge in [-0.25, -0.2) is 0 Å². The number of hydrogen-bond acceptors (Lipinski definition) is 7. The van der Waals surface area contributed by atoms with Crippen LogP contribution in [0.2, 0.25) is 0 Å². The van der Waals surface area contributed by atoms with Gasteiger partial charge in [-0.05, 0) is 61.7 Å². The molecule has 5 heterocycles. The minimum atomic E-state index is 0.466. The molecule has 6 rings (SSSR count). The summed E-state index contributed by atoms with van der Waals surface area (Å²) >= 11 is 0. The number of rotatable bonds is 2. The van der Waals surface area contributed by atoms with Crippen LogP contribution in [-0.4, -0.2) is 66.2 Å². The second kappa shape index (κ2) is 8.86. The first-order valence-corrected chi connectivity index (χ1v) is 12.4. The first kappa shape index (κ1) is 21.3. The van der Waals surface area contributed by atoms with E-state index in [0.717, 1.165) is 69.6 Å². The standard InChI is InChI=1S/C27H31N7/c1-19-17-33(25-5-4-20(13-28)27-24(25)3-2-8-31-27)18-22-7-10-32(11-12-34(19)22)26-16-30-15-21-14-29-9-6-23(21)26/h2-5,8,15-16,19,22,29H,6-7,9-12,14,17-18H2,1H3. The van der Waals surface area contributed by atoms with Crippen LogP contribution in [0.15, 0.2) is 42.9 Å². The summed E-state index contributed by atoms with van der Waals surface area (Å²) in [6.45, 7) is 9.51. The molecule has 2 aromatic heterocycles. The maximum Gasteiger partial charge on any atom is 0.101 e. The van der Waals surface area contributed by atoms with Crippen LogP contribution in [0.1, 0.15) is 30.0 Å². The summed E-state index contributed by atoms with van der Waals surface area (Å²) in [6, 6.07) is 11.4. The summed E-state index contributed by atoms with van der Waals surface area (Å²) in [5, 5.41) is 14.1. The fraction of sp³-hybridized carbons (Fsp3) is 0.444. The lowest BCUT2D eigenvalue weighted by atomic mass is 10.0. The van der Waals surface area contributed by atoms with Gasteiger partial charge in [0, 0.05) is 74.8 Å². The maximum absolute atomic E-state index is 9.53. The lowest BCUT2D eigenvalue weighted by molar-refractivity contribution is 0.130. The average molecular weight is 454 g/mol. The van der Waals surface area contributed by atoms with Gasteiger partial charge in [0.05, 0.1) is 23.0 Å². The summed E-state index contributed by atoms with van der Waals surface area (Å²) in [6.07, 6.45) is 8.11. The number of nitrogens with zero attached hydrogens (tertiary/aromatic N) is 6. The van der Waals surface area contributed by atoms with Crippen molar-refractivity contribution >= 4 is 22.3 Å². The number of fused-ring (bicyclic) bond motifs is 3. The Balaban J connectivity index is 1.26. The number of aromatic nitrogens is 2. The number of nitriles is 1. The lowest BCUT2D eigenvalue weighted by Gasteiger charge is -2.46. The predicted octanol–water partition coefficient (Wildman–Crippen LogP) is 2.94. The van der Waals surface area contributed by atoms with E-state index in [0.29, 0.717) is 17.6 Å². The molecule has 2 atom stereocenters. The number of benzene rings is 1. The Morgan fingerprint density at radius 3 is 2.91 bits per heavy atom. The van der Waals surface area contributed by atoms with Crippen LogP contribution in [-0.2, 0) is 13.0 Å². The van der Waals surface area contributed by atoms with E-state index in [9.17, 15) is 5.26 Å². The van der Waals surface area contributed by atoms with E-state index in [4.69, 9.17) is 0 Å².